The summed E-state index contributed by atoms with van der Waals surface area (Å²) in [7, 11) is 0. The zero-order valence-corrected chi connectivity index (χ0v) is 14.1. The second-order valence-electron chi connectivity index (χ2n) is 5.50. The zero-order chi connectivity index (χ0) is 19.8. The number of benzene rings is 2. The largest absolute Gasteiger partial charge is 0.475 e. The Morgan fingerprint density at radius 1 is 1.07 bits per heavy atom. The fourth-order valence-electron chi connectivity index (χ4n) is 2.29. The molecule has 0 aromatic heterocycles. The number of carbonyl (C=O) groups is 3. The number of Topliss-reactive ketones (excluding diaryl/α,β-unsaturated/α-hetero) is 1. The molecule has 0 aliphatic heterocycles. The maximum atomic E-state index is 12.4. The summed E-state index contributed by atoms with van der Waals surface area (Å²) in [6.07, 6.45) is 2.56. The lowest BCUT2D eigenvalue weighted by atomic mass is 10.2. The van der Waals surface area contributed by atoms with Gasteiger partial charge in [0.05, 0.1) is 17.0 Å². The first kappa shape index (κ1) is 19.5. The molecule has 0 heterocycles. The topological polar surface area (TPSA) is 118 Å². The Bertz CT molecular complexity index is 892. The first-order valence-corrected chi connectivity index (χ1v) is 7.91. The van der Waals surface area contributed by atoms with Crippen LogP contribution in [0.15, 0.2) is 60.7 Å². The van der Waals surface area contributed by atoms with E-state index >= 15 is 0 Å². The van der Waals surface area contributed by atoms with Crippen LogP contribution >= 0.6 is 0 Å². The van der Waals surface area contributed by atoms with Gasteiger partial charge in [0.25, 0.3) is 5.69 Å². The van der Waals surface area contributed by atoms with Crippen LogP contribution in [0.3, 0.4) is 0 Å². The molecule has 0 aliphatic rings. The van der Waals surface area contributed by atoms with Crippen molar-refractivity contribution in [2.75, 3.05) is 11.4 Å². The molecule has 2 aromatic rings. The normalized spacial score (nSPS) is 10.5. The van der Waals surface area contributed by atoms with Crippen molar-refractivity contribution >= 4 is 35.1 Å². The van der Waals surface area contributed by atoms with Crippen molar-refractivity contribution in [3.05, 3.63) is 76.4 Å². The molecule has 0 unspecified atom stereocenters. The number of carboxylic acid groups (broad SMARTS) is 1. The molecule has 8 nitrogen and oxygen atoms in total. The third kappa shape index (κ3) is 5.60. The number of nitrogens with zero attached hydrogens (tertiary/aromatic N) is 2. The molecule has 0 spiro atoms. The number of amides is 1. The van der Waals surface area contributed by atoms with Crippen LogP contribution in [0, 0.1) is 10.1 Å². The fraction of sp³-hybridized carbons (Fsp3) is 0.105. The van der Waals surface area contributed by atoms with Gasteiger partial charge in [-0.2, -0.15) is 0 Å². The van der Waals surface area contributed by atoms with E-state index in [2.05, 4.69) is 0 Å². The molecule has 0 radical (unpaired) electrons. The third-order valence-corrected chi connectivity index (χ3v) is 3.60. The van der Waals surface area contributed by atoms with Crippen molar-refractivity contribution < 1.29 is 24.4 Å². The van der Waals surface area contributed by atoms with E-state index in [4.69, 9.17) is 5.11 Å². The van der Waals surface area contributed by atoms with Crippen LogP contribution in [-0.4, -0.2) is 34.2 Å². The minimum Gasteiger partial charge on any atom is -0.475 e. The summed E-state index contributed by atoms with van der Waals surface area (Å²) in [5.74, 6) is -3.72. The maximum absolute atomic E-state index is 12.4. The number of carbonyl (C=O) groups excluding carboxylic acids is 2. The van der Waals surface area contributed by atoms with E-state index < -0.39 is 29.0 Å². The van der Waals surface area contributed by atoms with E-state index in [9.17, 15) is 24.5 Å². The quantitative estimate of drug-likeness (QED) is 0.331. The molecule has 27 heavy (non-hydrogen) atoms. The average molecular weight is 368 g/mol. The van der Waals surface area contributed by atoms with Gasteiger partial charge in [-0.25, -0.2) is 4.79 Å². The molecular weight excluding hydrogens is 352 g/mol. The Kier molecular flexibility index (Phi) is 6.54. The third-order valence-electron chi connectivity index (χ3n) is 3.60. The van der Waals surface area contributed by atoms with Gasteiger partial charge < -0.3 is 10.0 Å². The second kappa shape index (κ2) is 9.04. The summed E-state index contributed by atoms with van der Waals surface area (Å²) in [5.41, 5.74) is 0.859. The van der Waals surface area contributed by atoms with Gasteiger partial charge in [0.2, 0.25) is 11.7 Å². The van der Waals surface area contributed by atoms with Crippen LogP contribution in [0.2, 0.25) is 0 Å². The van der Waals surface area contributed by atoms with Crippen LogP contribution in [0.1, 0.15) is 12.0 Å². The second-order valence-corrected chi connectivity index (χ2v) is 5.50. The molecule has 1 amide bonds. The molecule has 0 atom stereocenters. The molecule has 8 heteroatoms. The van der Waals surface area contributed by atoms with Gasteiger partial charge in [0, 0.05) is 18.7 Å². The fourth-order valence-corrected chi connectivity index (χ4v) is 2.29. The molecule has 0 bridgehead atoms. The smallest absolute Gasteiger partial charge is 0.372 e. The number of anilines is 1. The maximum Gasteiger partial charge on any atom is 0.372 e. The molecule has 2 aromatic carbocycles. The highest BCUT2D eigenvalue weighted by Gasteiger charge is 2.23. The zero-order valence-electron chi connectivity index (χ0n) is 14.1. The number of hydrogen-bond donors (Lipinski definition) is 1. The van der Waals surface area contributed by atoms with Crippen molar-refractivity contribution in [2.45, 2.75) is 6.42 Å². The standard InChI is InChI=1S/C19H16N2O6/c22-17(19(24)25)13-18(23)20(11-5-8-14-6-2-1-3-7-14)15-9-4-10-16(12-15)21(26)27/h1-10,12H,11,13H2,(H,24,25)/b8-5+. The Hall–Kier alpha value is -3.81. The minimum absolute atomic E-state index is 0.0157. The summed E-state index contributed by atoms with van der Waals surface area (Å²) in [4.78, 5) is 46.0. The van der Waals surface area contributed by atoms with Gasteiger partial charge in [-0.05, 0) is 11.6 Å². The van der Waals surface area contributed by atoms with Gasteiger partial charge in [-0.3, -0.25) is 19.7 Å². The highest BCUT2D eigenvalue weighted by Crippen LogP contribution is 2.22. The van der Waals surface area contributed by atoms with E-state index in [-0.39, 0.29) is 17.9 Å². The number of rotatable bonds is 8. The summed E-state index contributed by atoms with van der Waals surface area (Å²) in [6.45, 7) is 0.0157. The Morgan fingerprint density at radius 3 is 2.41 bits per heavy atom. The molecule has 0 aliphatic carbocycles. The summed E-state index contributed by atoms with van der Waals surface area (Å²) < 4.78 is 0. The molecule has 0 saturated heterocycles. The first-order chi connectivity index (χ1) is 12.9. The van der Waals surface area contributed by atoms with Crippen LogP contribution in [0.25, 0.3) is 6.08 Å². The number of aliphatic carboxylic acids is 1. The van der Waals surface area contributed by atoms with Gasteiger partial charge >= 0.3 is 5.97 Å². The van der Waals surface area contributed by atoms with Gasteiger partial charge in [-0.15, -0.1) is 0 Å². The Morgan fingerprint density at radius 2 is 1.78 bits per heavy atom. The SMILES string of the molecule is O=C(O)C(=O)CC(=O)N(C/C=C/c1ccccc1)c1cccc([N+](=O)[O-])c1. The Balaban J connectivity index is 2.27. The van der Waals surface area contributed by atoms with Crippen molar-refractivity contribution in [2.24, 2.45) is 0 Å². The predicted molar refractivity (Wildman–Crippen MR) is 98.2 cm³/mol. The minimum atomic E-state index is -1.71. The molecule has 138 valence electrons. The van der Waals surface area contributed by atoms with Gasteiger partial charge in [0.15, 0.2) is 0 Å². The van der Waals surface area contributed by atoms with E-state index in [1.807, 2.05) is 30.3 Å². The molecule has 0 fully saturated rings. The van der Waals surface area contributed by atoms with Gasteiger partial charge in [-0.1, -0.05) is 48.6 Å². The van der Waals surface area contributed by atoms with Crippen molar-refractivity contribution in [1.82, 2.24) is 0 Å². The number of non-ortho nitro benzene ring substituents is 1. The number of ketones is 1. The predicted octanol–water partition coefficient (Wildman–Crippen LogP) is 2.69. The first-order valence-electron chi connectivity index (χ1n) is 7.91. The lowest BCUT2D eigenvalue weighted by Gasteiger charge is -2.20. The lowest BCUT2D eigenvalue weighted by molar-refractivity contribution is -0.384. The molecule has 0 saturated carbocycles. The molecule has 2 rings (SSSR count). The van der Waals surface area contributed by atoms with Crippen LogP contribution in [-0.2, 0) is 14.4 Å². The molecular formula is C19H16N2O6. The van der Waals surface area contributed by atoms with E-state index in [1.165, 1.54) is 24.3 Å². The number of nitro benzene ring substituents is 1. The van der Waals surface area contributed by atoms with E-state index in [0.29, 0.717) is 0 Å². The number of carboxylic acids is 1. The number of hydrogen-bond acceptors (Lipinski definition) is 5. The van der Waals surface area contributed by atoms with Gasteiger partial charge in [0.1, 0.15) is 0 Å². The number of nitro groups is 1. The monoisotopic (exact) mass is 368 g/mol. The summed E-state index contributed by atoms with van der Waals surface area (Å²) >= 11 is 0. The van der Waals surface area contributed by atoms with E-state index in [0.717, 1.165) is 10.5 Å². The highest BCUT2D eigenvalue weighted by atomic mass is 16.6. The van der Waals surface area contributed by atoms with Crippen molar-refractivity contribution in [3.8, 4) is 0 Å². The van der Waals surface area contributed by atoms with E-state index in [1.54, 1.807) is 12.2 Å². The van der Waals surface area contributed by atoms with Crippen molar-refractivity contribution in [1.29, 1.82) is 0 Å². The van der Waals surface area contributed by atoms with Crippen molar-refractivity contribution in [3.63, 3.8) is 0 Å². The van der Waals surface area contributed by atoms with Crippen LogP contribution in [0.5, 0.6) is 0 Å². The average Bonchev–Trinajstić information content (AvgIpc) is 2.66. The Labute approximate surface area is 154 Å². The summed E-state index contributed by atoms with van der Waals surface area (Å²) in [5, 5.41) is 19.7. The highest BCUT2D eigenvalue weighted by molar-refractivity contribution is 6.36. The van der Waals surface area contributed by atoms with Crippen LogP contribution in [0.4, 0.5) is 11.4 Å². The lowest BCUT2D eigenvalue weighted by Crippen LogP contribution is -2.34. The van der Waals surface area contributed by atoms with Crippen LogP contribution < -0.4 is 4.90 Å². The molecule has 1 N–H and O–H groups in total. The summed E-state index contributed by atoms with van der Waals surface area (Å²) in [6, 6.07) is 14.6.